The molecular formula is C11H17N3O4S. The van der Waals surface area contributed by atoms with Gasteiger partial charge in [-0.3, -0.25) is 9.59 Å². The molecule has 7 nitrogen and oxygen atoms in total. The van der Waals surface area contributed by atoms with Crippen molar-refractivity contribution in [2.24, 2.45) is 5.92 Å². The van der Waals surface area contributed by atoms with Crippen molar-refractivity contribution < 1.29 is 14.7 Å². The molecule has 106 valence electrons. The van der Waals surface area contributed by atoms with Crippen molar-refractivity contribution in [3.8, 4) is 0 Å². The van der Waals surface area contributed by atoms with Crippen molar-refractivity contribution in [1.29, 1.82) is 0 Å². The Labute approximate surface area is 114 Å². The fraction of sp³-hybridized carbons (Fsp3) is 0.545. The molecule has 0 radical (unpaired) electrons. The lowest BCUT2D eigenvalue weighted by Crippen LogP contribution is -2.43. The standard InChI is InChI=1S/C11H17N3O4S/c1-3-14(5-7(2)9(15)16)10(17)12-4-8-6-19-11(18)13-8/h6-7H,3-5H2,1-2H3,(H,12,17)(H,13,18)(H,15,16). The summed E-state index contributed by atoms with van der Waals surface area (Å²) in [7, 11) is 0. The lowest BCUT2D eigenvalue weighted by atomic mass is 10.2. The van der Waals surface area contributed by atoms with Crippen LogP contribution in [0.5, 0.6) is 0 Å². The molecule has 19 heavy (non-hydrogen) atoms. The van der Waals surface area contributed by atoms with Crippen LogP contribution in [0, 0.1) is 5.92 Å². The molecule has 0 aliphatic carbocycles. The molecule has 8 heteroatoms. The Kier molecular flexibility index (Phi) is 5.56. The van der Waals surface area contributed by atoms with Gasteiger partial charge in [-0.1, -0.05) is 18.3 Å². The predicted molar refractivity (Wildman–Crippen MR) is 71.2 cm³/mol. The molecule has 0 aliphatic rings. The van der Waals surface area contributed by atoms with Gasteiger partial charge in [-0.05, 0) is 6.92 Å². The minimum absolute atomic E-state index is 0.151. The zero-order chi connectivity index (χ0) is 14.4. The van der Waals surface area contributed by atoms with Gasteiger partial charge in [0.15, 0.2) is 0 Å². The van der Waals surface area contributed by atoms with Gasteiger partial charge in [0.05, 0.1) is 12.5 Å². The summed E-state index contributed by atoms with van der Waals surface area (Å²) in [6, 6.07) is -0.345. The molecule has 0 fully saturated rings. The summed E-state index contributed by atoms with van der Waals surface area (Å²) in [5, 5.41) is 13.1. The molecular weight excluding hydrogens is 270 g/mol. The van der Waals surface area contributed by atoms with E-state index in [0.29, 0.717) is 12.2 Å². The highest BCUT2D eigenvalue weighted by Gasteiger charge is 2.19. The number of carbonyl (C=O) groups excluding carboxylic acids is 1. The van der Waals surface area contributed by atoms with Crippen molar-refractivity contribution in [1.82, 2.24) is 15.2 Å². The molecule has 1 rings (SSSR count). The average molecular weight is 287 g/mol. The normalized spacial score (nSPS) is 11.9. The van der Waals surface area contributed by atoms with Crippen LogP contribution in [0.15, 0.2) is 10.2 Å². The van der Waals surface area contributed by atoms with E-state index in [2.05, 4.69) is 10.3 Å². The van der Waals surface area contributed by atoms with E-state index in [-0.39, 0.29) is 24.0 Å². The van der Waals surface area contributed by atoms with Crippen molar-refractivity contribution in [2.45, 2.75) is 20.4 Å². The maximum absolute atomic E-state index is 11.8. The van der Waals surface area contributed by atoms with Gasteiger partial charge in [0, 0.05) is 24.2 Å². The minimum atomic E-state index is -0.937. The van der Waals surface area contributed by atoms with E-state index in [1.165, 1.54) is 4.90 Å². The second-order valence-corrected chi connectivity index (χ2v) is 4.95. The summed E-state index contributed by atoms with van der Waals surface area (Å²) in [5.74, 6) is -1.56. The molecule has 0 spiro atoms. The van der Waals surface area contributed by atoms with Gasteiger partial charge in [0.25, 0.3) is 0 Å². The van der Waals surface area contributed by atoms with Gasteiger partial charge in [0.1, 0.15) is 0 Å². The van der Waals surface area contributed by atoms with E-state index in [4.69, 9.17) is 5.11 Å². The minimum Gasteiger partial charge on any atom is -0.481 e. The van der Waals surface area contributed by atoms with E-state index in [1.54, 1.807) is 19.2 Å². The van der Waals surface area contributed by atoms with E-state index in [1.807, 2.05) is 0 Å². The summed E-state index contributed by atoms with van der Waals surface area (Å²) in [6.45, 7) is 4.12. The third-order valence-electron chi connectivity index (χ3n) is 2.59. The first-order valence-corrected chi connectivity index (χ1v) is 6.74. The van der Waals surface area contributed by atoms with Crippen LogP contribution in [0.3, 0.4) is 0 Å². The SMILES string of the molecule is CCN(CC(C)C(=O)O)C(=O)NCc1csc(=O)[nH]1. The smallest absolute Gasteiger partial charge is 0.317 e. The Morgan fingerprint density at radius 3 is 2.74 bits per heavy atom. The number of thiazole rings is 1. The average Bonchev–Trinajstić information content (AvgIpc) is 2.78. The maximum atomic E-state index is 11.8. The fourth-order valence-corrected chi connectivity index (χ4v) is 2.03. The van der Waals surface area contributed by atoms with Crippen molar-refractivity contribution in [2.75, 3.05) is 13.1 Å². The Hall–Kier alpha value is -1.83. The third-order valence-corrected chi connectivity index (χ3v) is 3.30. The first-order chi connectivity index (χ1) is 8.93. The fourth-order valence-electron chi connectivity index (χ4n) is 1.45. The van der Waals surface area contributed by atoms with Gasteiger partial charge in [-0.15, -0.1) is 0 Å². The number of aliphatic carboxylic acids is 1. The lowest BCUT2D eigenvalue weighted by Gasteiger charge is -2.23. The Bertz CT molecular complexity index is 496. The molecule has 1 heterocycles. The molecule has 0 saturated carbocycles. The highest BCUT2D eigenvalue weighted by atomic mass is 32.1. The number of amides is 2. The number of hydrogen-bond acceptors (Lipinski definition) is 4. The van der Waals surface area contributed by atoms with Crippen LogP contribution >= 0.6 is 11.3 Å². The van der Waals surface area contributed by atoms with Crippen LogP contribution in [-0.2, 0) is 11.3 Å². The summed E-state index contributed by atoms with van der Waals surface area (Å²) in [4.78, 5) is 37.4. The lowest BCUT2D eigenvalue weighted by molar-refractivity contribution is -0.141. The van der Waals surface area contributed by atoms with Crippen molar-refractivity contribution >= 4 is 23.3 Å². The van der Waals surface area contributed by atoms with Gasteiger partial charge >= 0.3 is 16.9 Å². The summed E-state index contributed by atoms with van der Waals surface area (Å²) in [6.07, 6.45) is 0. The van der Waals surface area contributed by atoms with Crippen LogP contribution in [0.2, 0.25) is 0 Å². The molecule has 1 atom stereocenters. The summed E-state index contributed by atoms with van der Waals surface area (Å²) >= 11 is 1.03. The number of aromatic amines is 1. The number of rotatable bonds is 6. The molecule has 0 aromatic carbocycles. The first kappa shape index (κ1) is 15.2. The first-order valence-electron chi connectivity index (χ1n) is 5.86. The number of carboxylic acids is 1. The number of aromatic nitrogens is 1. The molecule has 3 N–H and O–H groups in total. The number of carbonyl (C=O) groups is 2. The van der Waals surface area contributed by atoms with Crippen LogP contribution in [-0.4, -0.2) is 40.1 Å². The molecule has 0 bridgehead atoms. The highest BCUT2D eigenvalue weighted by molar-refractivity contribution is 7.07. The Morgan fingerprint density at radius 1 is 1.58 bits per heavy atom. The Balaban J connectivity index is 2.49. The molecule has 0 aliphatic heterocycles. The largest absolute Gasteiger partial charge is 0.481 e. The topological polar surface area (TPSA) is 102 Å². The summed E-state index contributed by atoms with van der Waals surface area (Å²) in [5.41, 5.74) is 0.630. The monoisotopic (exact) mass is 287 g/mol. The maximum Gasteiger partial charge on any atom is 0.317 e. The summed E-state index contributed by atoms with van der Waals surface area (Å²) < 4.78 is 0. The van der Waals surface area contributed by atoms with E-state index in [9.17, 15) is 14.4 Å². The van der Waals surface area contributed by atoms with Crippen LogP contribution in [0.25, 0.3) is 0 Å². The van der Waals surface area contributed by atoms with Gasteiger partial charge < -0.3 is 20.3 Å². The molecule has 1 unspecified atom stereocenters. The van der Waals surface area contributed by atoms with E-state index < -0.39 is 11.9 Å². The molecule has 2 amide bonds. The Morgan fingerprint density at radius 2 is 2.26 bits per heavy atom. The van der Waals surface area contributed by atoms with Crippen LogP contribution in [0.4, 0.5) is 4.79 Å². The number of urea groups is 1. The van der Waals surface area contributed by atoms with Crippen LogP contribution in [0.1, 0.15) is 19.5 Å². The van der Waals surface area contributed by atoms with E-state index >= 15 is 0 Å². The number of hydrogen-bond donors (Lipinski definition) is 3. The zero-order valence-electron chi connectivity index (χ0n) is 10.8. The quantitative estimate of drug-likeness (QED) is 0.716. The number of nitrogens with zero attached hydrogens (tertiary/aromatic N) is 1. The molecule has 0 saturated heterocycles. The molecule has 1 aromatic rings. The third kappa shape index (κ3) is 4.74. The van der Waals surface area contributed by atoms with Gasteiger partial charge in [-0.25, -0.2) is 4.79 Å². The number of H-pyrrole nitrogens is 1. The van der Waals surface area contributed by atoms with Crippen LogP contribution < -0.4 is 10.2 Å². The number of carboxylic acid groups (broad SMARTS) is 1. The zero-order valence-corrected chi connectivity index (χ0v) is 11.6. The number of nitrogens with one attached hydrogen (secondary N) is 2. The predicted octanol–water partition coefficient (Wildman–Crippen LogP) is 0.689. The second kappa shape index (κ2) is 6.93. The van der Waals surface area contributed by atoms with Gasteiger partial charge in [-0.2, -0.15) is 0 Å². The van der Waals surface area contributed by atoms with E-state index in [0.717, 1.165) is 11.3 Å². The molecule has 1 aromatic heterocycles. The second-order valence-electron chi connectivity index (χ2n) is 4.11. The van der Waals surface area contributed by atoms with Crippen molar-refractivity contribution in [3.05, 3.63) is 20.7 Å². The van der Waals surface area contributed by atoms with Crippen molar-refractivity contribution in [3.63, 3.8) is 0 Å². The van der Waals surface area contributed by atoms with Gasteiger partial charge in [0.2, 0.25) is 0 Å². The highest BCUT2D eigenvalue weighted by Crippen LogP contribution is 2.01.